The Morgan fingerprint density at radius 3 is 2.33 bits per heavy atom. The van der Waals surface area contributed by atoms with Crippen LogP contribution in [-0.4, -0.2) is 5.16 Å². The normalized spacial score (nSPS) is 11.9. The second-order valence-corrected chi connectivity index (χ2v) is 8.33. The summed E-state index contributed by atoms with van der Waals surface area (Å²) < 4.78 is 0. The van der Waals surface area contributed by atoms with Gasteiger partial charge in [0.15, 0.2) is 0 Å². The van der Waals surface area contributed by atoms with Gasteiger partial charge in [-0.05, 0) is 66.5 Å². The molecule has 0 saturated heterocycles. The molecule has 2 aromatic heterocycles. The fourth-order valence-corrected chi connectivity index (χ4v) is 4.86. The maximum Gasteiger partial charge on any atom is 0.0739 e. The van der Waals surface area contributed by atoms with Gasteiger partial charge in [0, 0.05) is 19.5 Å². The maximum atomic E-state index is 4.64. The van der Waals surface area contributed by atoms with E-state index >= 15 is 0 Å². The molecule has 1 aromatic carbocycles. The number of rotatable bonds is 6. The van der Waals surface area contributed by atoms with E-state index in [9.17, 15) is 0 Å². The Morgan fingerprint density at radius 1 is 0.958 bits per heavy atom. The first-order valence-corrected chi connectivity index (χ1v) is 10.1. The molecule has 24 heavy (non-hydrogen) atoms. The minimum absolute atomic E-state index is 0.754. The standard InChI is InChI=1S/C20H19NS3/c1-3-14(2)12-17-8-9-19(23-17)20-11-10-18(24-20)15-4-6-16(7-5-15)21-13-22/h4-11,14H,3,12H2,1-2H3. The summed E-state index contributed by atoms with van der Waals surface area (Å²) in [6, 6.07) is 17.1. The second kappa shape index (κ2) is 8.00. The van der Waals surface area contributed by atoms with Gasteiger partial charge in [0.2, 0.25) is 0 Å². The molecular weight excluding hydrogens is 350 g/mol. The fraction of sp³-hybridized carbons (Fsp3) is 0.250. The third-order valence-corrected chi connectivity index (χ3v) is 6.61. The number of hydrogen-bond donors (Lipinski definition) is 0. The van der Waals surface area contributed by atoms with Crippen LogP contribution in [0.15, 0.2) is 53.5 Å². The minimum Gasteiger partial charge on any atom is -0.195 e. The molecule has 0 bridgehead atoms. The zero-order chi connectivity index (χ0) is 16.9. The first-order chi connectivity index (χ1) is 11.7. The Bertz CT molecular complexity index is 851. The van der Waals surface area contributed by atoms with Crippen molar-refractivity contribution in [2.75, 3.05) is 0 Å². The van der Waals surface area contributed by atoms with Crippen molar-refractivity contribution in [2.45, 2.75) is 26.7 Å². The first kappa shape index (κ1) is 17.2. The molecule has 0 aliphatic carbocycles. The Balaban J connectivity index is 1.79. The molecule has 0 amide bonds. The Labute approximate surface area is 156 Å². The third kappa shape index (κ3) is 4.08. The van der Waals surface area contributed by atoms with Gasteiger partial charge in [-0.15, -0.1) is 22.7 Å². The molecule has 3 rings (SSSR count). The van der Waals surface area contributed by atoms with Gasteiger partial charge in [-0.2, -0.15) is 4.99 Å². The highest BCUT2D eigenvalue weighted by atomic mass is 32.1. The van der Waals surface area contributed by atoms with E-state index in [4.69, 9.17) is 0 Å². The zero-order valence-electron chi connectivity index (χ0n) is 13.8. The molecule has 3 aromatic rings. The number of thiophene rings is 2. The summed E-state index contributed by atoms with van der Waals surface area (Å²) in [7, 11) is 0. The van der Waals surface area contributed by atoms with Crippen molar-refractivity contribution in [2.24, 2.45) is 10.9 Å². The molecule has 2 heterocycles. The molecule has 0 spiro atoms. The molecule has 0 aliphatic heterocycles. The summed E-state index contributed by atoms with van der Waals surface area (Å²) >= 11 is 8.40. The second-order valence-electron chi connectivity index (χ2n) is 5.90. The van der Waals surface area contributed by atoms with Crippen LogP contribution in [0.4, 0.5) is 5.69 Å². The van der Waals surface area contributed by atoms with Crippen LogP contribution in [0, 0.1) is 5.92 Å². The first-order valence-electron chi connectivity index (χ1n) is 8.07. The summed E-state index contributed by atoms with van der Waals surface area (Å²) in [4.78, 5) is 9.46. The lowest BCUT2D eigenvalue weighted by molar-refractivity contribution is 0.565. The van der Waals surface area contributed by atoms with Gasteiger partial charge in [0.05, 0.1) is 10.8 Å². The van der Waals surface area contributed by atoms with Crippen LogP contribution in [0.1, 0.15) is 25.1 Å². The van der Waals surface area contributed by atoms with Crippen molar-refractivity contribution in [1.29, 1.82) is 0 Å². The monoisotopic (exact) mass is 369 g/mol. The zero-order valence-corrected chi connectivity index (χ0v) is 16.2. The van der Waals surface area contributed by atoms with Crippen LogP contribution < -0.4 is 0 Å². The van der Waals surface area contributed by atoms with E-state index in [1.54, 1.807) is 0 Å². The fourth-order valence-electron chi connectivity index (χ4n) is 2.49. The number of benzene rings is 1. The summed E-state index contributed by atoms with van der Waals surface area (Å²) in [5, 5.41) is 2.40. The minimum atomic E-state index is 0.754. The molecule has 1 unspecified atom stereocenters. The predicted molar refractivity (Wildman–Crippen MR) is 111 cm³/mol. The van der Waals surface area contributed by atoms with Crippen LogP contribution in [0.3, 0.4) is 0 Å². The predicted octanol–water partition coefficient (Wildman–Crippen LogP) is 7.47. The number of hydrogen-bond acceptors (Lipinski definition) is 4. The number of nitrogens with zero attached hydrogens (tertiary/aromatic N) is 1. The van der Waals surface area contributed by atoms with Crippen molar-refractivity contribution >= 4 is 45.7 Å². The average molecular weight is 370 g/mol. The summed E-state index contributed by atoms with van der Waals surface area (Å²) in [6.45, 7) is 4.58. The van der Waals surface area contributed by atoms with Crippen LogP contribution in [0.2, 0.25) is 0 Å². The van der Waals surface area contributed by atoms with Gasteiger partial charge in [-0.1, -0.05) is 32.4 Å². The smallest absolute Gasteiger partial charge is 0.0739 e. The van der Waals surface area contributed by atoms with Crippen molar-refractivity contribution in [3.8, 4) is 20.2 Å². The molecule has 1 nitrogen and oxygen atoms in total. The molecule has 122 valence electrons. The van der Waals surface area contributed by atoms with Crippen LogP contribution in [0.25, 0.3) is 20.2 Å². The van der Waals surface area contributed by atoms with Crippen LogP contribution in [-0.2, 0) is 6.42 Å². The van der Waals surface area contributed by atoms with Gasteiger partial charge >= 0.3 is 0 Å². The largest absolute Gasteiger partial charge is 0.195 e. The maximum absolute atomic E-state index is 4.64. The average Bonchev–Trinajstić information content (AvgIpc) is 3.25. The van der Waals surface area contributed by atoms with E-state index in [1.165, 1.54) is 37.9 Å². The van der Waals surface area contributed by atoms with Gasteiger partial charge in [0.25, 0.3) is 0 Å². The van der Waals surface area contributed by atoms with Crippen molar-refractivity contribution in [3.05, 3.63) is 53.4 Å². The molecule has 0 radical (unpaired) electrons. The van der Waals surface area contributed by atoms with Gasteiger partial charge in [-0.3, -0.25) is 0 Å². The number of aliphatic imine (C=N–C) groups is 1. The molecule has 1 atom stereocenters. The highest BCUT2D eigenvalue weighted by molar-refractivity contribution is 7.78. The van der Waals surface area contributed by atoms with E-state index in [-0.39, 0.29) is 0 Å². The molecule has 0 saturated carbocycles. The topological polar surface area (TPSA) is 12.4 Å². The summed E-state index contributed by atoms with van der Waals surface area (Å²) in [6.07, 6.45) is 2.42. The van der Waals surface area contributed by atoms with E-state index in [0.29, 0.717) is 0 Å². The Kier molecular flexibility index (Phi) is 5.75. The van der Waals surface area contributed by atoms with Gasteiger partial charge in [-0.25, -0.2) is 0 Å². The van der Waals surface area contributed by atoms with Gasteiger partial charge in [0.1, 0.15) is 0 Å². The van der Waals surface area contributed by atoms with Crippen molar-refractivity contribution < 1.29 is 0 Å². The number of isothiocyanates is 1. The molecule has 0 aliphatic rings. The SMILES string of the molecule is CCC(C)Cc1ccc(-c2ccc(-c3ccc(N=C=S)cc3)s2)s1. The number of thiocarbonyl (C=S) groups is 1. The quantitative estimate of drug-likeness (QED) is 0.324. The summed E-state index contributed by atoms with van der Waals surface area (Å²) in [5.74, 6) is 0.754. The van der Waals surface area contributed by atoms with Crippen LogP contribution in [0.5, 0.6) is 0 Å². The third-order valence-electron chi connectivity index (χ3n) is 4.08. The lowest BCUT2D eigenvalue weighted by Gasteiger charge is -2.04. The Morgan fingerprint density at radius 2 is 1.62 bits per heavy atom. The van der Waals surface area contributed by atoms with E-state index in [2.05, 4.69) is 72.6 Å². The lowest BCUT2D eigenvalue weighted by atomic mass is 10.0. The van der Waals surface area contributed by atoms with E-state index in [1.807, 2.05) is 34.8 Å². The molecule has 0 N–H and O–H groups in total. The van der Waals surface area contributed by atoms with Crippen molar-refractivity contribution in [1.82, 2.24) is 0 Å². The van der Waals surface area contributed by atoms with E-state index in [0.717, 1.165) is 11.6 Å². The molecular formula is C20H19NS3. The van der Waals surface area contributed by atoms with Crippen LogP contribution >= 0.6 is 34.9 Å². The summed E-state index contributed by atoms with van der Waals surface area (Å²) in [5.41, 5.74) is 2.06. The molecule has 4 heteroatoms. The highest BCUT2D eigenvalue weighted by Crippen LogP contribution is 2.38. The highest BCUT2D eigenvalue weighted by Gasteiger charge is 2.09. The lowest BCUT2D eigenvalue weighted by Crippen LogP contribution is -1.94. The van der Waals surface area contributed by atoms with E-state index < -0.39 is 0 Å². The van der Waals surface area contributed by atoms with Gasteiger partial charge < -0.3 is 0 Å². The Hall–Kier alpha value is -1.58. The van der Waals surface area contributed by atoms with Crippen molar-refractivity contribution in [3.63, 3.8) is 0 Å². The molecule has 0 fully saturated rings.